The Morgan fingerprint density at radius 3 is 1.96 bits per heavy atom. The maximum absolute atomic E-state index is 11.9. The molecule has 3 aromatic carbocycles. The molecule has 3 aromatic rings. The zero-order chi connectivity index (χ0) is 17.0. The lowest BCUT2D eigenvalue weighted by molar-refractivity contribution is 0.387. The van der Waals surface area contributed by atoms with Crippen molar-refractivity contribution in [2.75, 3.05) is 0 Å². The largest absolute Gasteiger partial charge is 0.356 e. The van der Waals surface area contributed by atoms with E-state index < -0.39 is 7.60 Å². The maximum Gasteiger partial charge on any atom is 0.356 e. The molecule has 3 nitrogen and oxygen atoms in total. The first-order valence-corrected chi connectivity index (χ1v) is 9.14. The highest BCUT2D eigenvalue weighted by molar-refractivity contribution is 7.60. The van der Waals surface area contributed by atoms with Crippen molar-refractivity contribution in [1.29, 1.82) is 0 Å². The van der Waals surface area contributed by atoms with E-state index in [1.54, 1.807) is 18.2 Å². The molecular formula is C20H17O3P. The van der Waals surface area contributed by atoms with E-state index in [0.717, 1.165) is 16.7 Å². The maximum atomic E-state index is 11.9. The zero-order valence-corrected chi connectivity index (χ0v) is 13.8. The summed E-state index contributed by atoms with van der Waals surface area (Å²) in [6.45, 7) is 0. The molecule has 120 valence electrons. The highest BCUT2D eigenvalue weighted by Gasteiger charge is 2.21. The minimum atomic E-state index is -4.38. The second-order valence-electron chi connectivity index (χ2n) is 5.43. The molecule has 0 amide bonds. The molecule has 0 unspecified atom stereocenters. The zero-order valence-electron chi connectivity index (χ0n) is 12.9. The molecule has 0 saturated carbocycles. The molecule has 0 fully saturated rings. The van der Waals surface area contributed by atoms with E-state index in [2.05, 4.69) is 0 Å². The van der Waals surface area contributed by atoms with Gasteiger partial charge in [-0.2, -0.15) is 0 Å². The Morgan fingerprint density at radius 1 is 0.708 bits per heavy atom. The third-order valence-electron chi connectivity index (χ3n) is 3.71. The lowest BCUT2D eigenvalue weighted by Gasteiger charge is -2.11. The van der Waals surface area contributed by atoms with E-state index in [4.69, 9.17) is 0 Å². The molecule has 0 aliphatic heterocycles. The molecule has 0 aliphatic carbocycles. The molecule has 0 bridgehead atoms. The van der Waals surface area contributed by atoms with Crippen LogP contribution < -0.4 is 5.30 Å². The summed E-state index contributed by atoms with van der Waals surface area (Å²) in [5.41, 5.74) is 3.20. The molecule has 0 spiro atoms. The summed E-state index contributed by atoms with van der Waals surface area (Å²) in [6, 6.07) is 24.4. The summed E-state index contributed by atoms with van der Waals surface area (Å²) in [6.07, 6.45) is 3.58. The summed E-state index contributed by atoms with van der Waals surface area (Å²) in [5.74, 6) is 0. The predicted molar refractivity (Wildman–Crippen MR) is 98.9 cm³/mol. The van der Waals surface area contributed by atoms with Gasteiger partial charge in [-0.05, 0) is 28.3 Å². The minimum absolute atomic E-state index is 0.0380. The van der Waals surface area contributed by atoms with Crippen LogP contribution in [0.4, 0.5) is 0 Å². The van der Waals surface area contributed by atoms with Gasteiger partial charge in [0.15, 0.2) is 0 Å². The van der Waals surface area contributed by atoms with Gasteiger partial charge < -0.3 is 9.79 Å². The van der Waals surface area contributed by atoms with E-state index in [0.29, 0.717) is 5.56 Å². The Morgan fingerprint density at radius 2 is 1.33 bits per heavy atom. The smallest absolute Gasteiger partial charge is 0.321 e. The van der Waals surface area contributed by atoms with Gasteiger partial charge in [-0.3, -0.25) is 4.57 Å². The normalized spacial score (nSPS) is 11.8. The van der Waals surface area contributed by atoms with Crippen LogP contribution in [0, 0.1) is 0 Å². The highest BCUT2D eigenvalue weighted by atomic mass is 31.2. The number of benzene rings is 3. The van der Waals surface area contributed by atoms with Gasteiger partial charge in [-0.25, -0.2) is 0 Å². The summed E-state index contributed by atoms with van der Waals surface area (Å²) in [4.78, 5) is 19.4. The molecule has 0 heterocycles. The van der Waals surface area contributed by atoms with Crippen molar-refractivity contribution >= 4 is 25.1 Å². The Labute approximate surface area is 141 Å². The van der Waals surface area contributed by atoms with Crippen molar-refractivity contribution in [3.8, 4) is 11.1 Å². The molecule has 2 N–H and O–H groups in total. The van der Waals surface area contributed by atoms with Gasteiger partial charge in [-0.15, -0.1) is 0 Å². The molecule has 0 radical (unpaired) electrons. The minimum Gasteiger partial charge on any atom is -0.321 e. The van der Waals surface area contributed by atoms with Crippen molar-refractivity contribution in [2.45, 2.75) is 0 Å². The van der Waals surface area contributed by atoms with E-state index >= 15 is 0 Å². The summed E-state index contributed by atoms with van der Waals surface area (Å²) in [7, 11) is -4.38. The van der Waals surface area contributed by atoms with E-state index in [-0.39, 0.29) is 5.30 Å². The van der Waals surface area contributed by atoms with Crippen LogP contribution in [-0.2, 0) is 4.57 Å². The Hall–Kier alpha value is -2.45. The molecule has 0 aliphatic rings. The van der Waals surface area contributed by atoms with Gasteiger partial charge in [0.05, 0.1) is 5.30 Å². The topological polar surface area (TPSA) is 57.5 Å². The number of rotatable bonds is 4. The molecule has 0 atom stereocenters. The summed E-state index contributed by atoms with van der Waals surface area (Å²) in [5, 5.41) is 0.0380. The van der Waals surface area contributed by atoms with Crippen molar-refractivity contribution < 1.29 is 14.4 Å². The third-order valence-corrected chi connectivity index (χ3v) is 4.72. The van der Waals surface area contributed by atoms with Crippen LogP contribution in [0.2, 0.25) is 0 Å². The van der Waals surface area contributed by atoms with Gasteiger partial charge in [0.2, 0.25) is 0 Å². The SMILES string of the molecule is O=P(O)(O)c1cc(-c2ccccc2)ccc1/C=C/c1ccccc1. The Kier molecular flexibility index (Phi) is 4.77. The molecule has 24 heavy (non-hydrogen) atoms. The third kappa shape index (κ3) is 3.90. The number of hydrogen-bond donors (Lipinski definition) is 2. The summed E-state index contributed by atoms with van der Waals surface area (Å²) >= 11 is 0. The van der Waals surface area contributed by atoms with E-state index in [9.17, 15) is 14.4 Å². The molecule has 4 heteroatoms. The standard InChI is InChI=1S/C20H17O3P/c21-24(22,23)20-15-19(17-9-5-2-6-10-17)14-13-18(20)12-11-16-7-3-1-4-8-16/h1-15H,(H2,21,22,23)/b12-11+. The fourth-order valence-corrected chi connectivity index (χ4v) is 3.29. The highest BCUT2D eigenvalue weighted by Crippen LogP contribution is 2.37. The fourth-order valence-electron chi connectivity index (χ4n) is 2.50. The predicted octanol–water partition coefficient (Wildman–Crippen LogP) is 4.33. The van der Waals surface area contributed by atoms with E-state index in [1.807, 2.05) is 72.8 Å². The molecule has 0 aromatic heterocycles. The van der Waals surface area contributed by atoms with Crippen LogP contribution in [0.5, 0.6) is 0 Å². The van der Waals surface area contributed by atoms with Crippen LogP contribution in [0.3, 0.4) is 0 Å². The second kappa shape index (κ2) is 6.98. The lowest BCUT2D eigenvalue weighted by Crippen LogP contribution is -2.08. The van der Waals surface area contributed by atoms with Crippen LogP contribution >= 0.6 is 7.60 Å². The van der Waals surface area contributed by atoms with Gasteiger partial charge in [0.25, 0.3) is 0 Å². The molecule has 0 saturated heterocycles. The van der Waals surface area contributed by atoms with Crippen LogP contribution in [0.25, 0.3) is 23.3 Å². The van der Waals surface area contributed by atoms with Crippen molar-refractivity contribution in [1.82, 2.24) is 0 Å². The first-order valence-electron chi connectivity index (χ1n) is 7.53. The van der Waals surface area contributed by atoms with Crippen LogP contribution in [0.15, 0.2) is 78.9 Å². The number of hydrogen-bond acceptors (Lipinski definition) is 1. The first-order chi connectivity index (χ1) is 11.5. The monoisotopic (exact) mass is 336 g/mol. The first kappa shape index (κ1) is 16.4. The van der Waals surface area contributed by atoms with Gasteiger partial charge in [0.1, 0.15) is 0 Å². The summed E-state index contributed by atoms with van der Waals surface area (Å²) < 4.78 is 11.9. The Balaban J connectivity index is 2.04. The van der Waals surface area contributed by atoms with Gasteiger partial charge in [0, 0.05) is 0 Å². The average molecular weight is 336 g/mol. The van der Waals surface area contributed by atoms with Crippen molar-refractivity contribution in [3.63, 3.8) is 0 Å². The average Bonchev–Trinajstić information content (AvgIpc) is 2.61. The van der Waals surface area contributed by atoms with Crippen LogP contribution in [0.1, 0.15) is 11.1 Å². The van der Waals surface area contributed by atoms with Gasteiger partial charge in [-0.1, -0.05) is 84.9 Å². The van der Waals surface area contributed by atoms with Crippen molar-refractivity contribution in [2.24, 2.45) is 0 Å². The molecule has 3 rings (SSSR count). The van der Waals surface area contributed by atoms with Crippen molar-refractivity contribution in [3.05, 3.63) is 90.0 Å². The van der Waals surface area contributed by atoms with Crippen LogP contribution in [-0.4, -0.2) is 9.79 Å². The quantitative estimate of drug-likeness (QED) is 0.551. The van der Waals surface area contributed by atoms with Gasteiger partial charge >= 0.3 is 7.60 Å². The van der Waals surface area contributed by atoms with E-state index in [1.165, 1.54) is 0 Å². The molecular weight excluding hydrogens is 319 g/mol. The fraction of sp³-hybridized carbons (Fsp3) is 0. The lowest BCUT2D eigenvalue weighted by atomic mass is 10.0. The second-order valence-corrected chi connectivity index (χ2v) is 7.00. The Bertz CT molecular complexity index is 897.